The van der Waals surface area contributed by atoms with Crippen molar-refractivity contribution in [3.63, 3.8) is 0 Å². The van der Waals surface area contributed by atoms with E-state index in [1.165, 1.54) is 0 Å². The molecule has 0 saturated heterocycles. The summed E-state index contributed by atoms with van der Waals surface area (Å²) in [5, 5.41) is 4.00. The third kappa shape index (κ3) is 2.49. The quantitative estimate of drug-likeness (QED) is 0.805. The SMILES string of the molecule is CCCOCn1cc(Br)c(N)n1. The van der Waals surface area contributed by atoms with Gasteiger partial charge in [-0.25, -0.2) is 4.68 Å². The summed E-state index contributed by atoms with van der Waals surface area (Å²) in [7, 11) is 0. The van der Waals surface area contributed by atoms with E-state index >= 15 is 0 Å². The number of aromatic nitrogens is 2. The lowest BCUT2D eigenvalue weighted by molar-refractivity contribution is 0.0695. The van der Waals surface area contributed by atoms with Crippen molar-refractivity contribution >= 4 is 21.7 Å². The van der Waals surface area contributed by atoms with E-state index < -0.39 is 0 Å². The molecule has 0 unspecified atom stereocenters. The van der Waals surface area contributed by atoms with Crippen LogP contribution in [0.2, 0.25) is 0 Å². The van der Waals surface area contributed by atoms with Crippen molar-refractivity contribution in [2.75, 3.05) is 12.3 Å². The van der Waals surface area contributed by atoms with Crippen molar-refractivity contribution < 1.29 is 4.74 Å². The van der Waals surface area contributed by atoms with Gasteiger partial charge in [0.2, 0.25) is 0 Å². The highest BCUT2D eigenvalue weighted by Crippen LogP contribution is 2.15. The molecule has 0 atom stereocenters. The second-order valence-corrected chi connectivity index (χ2v) is 3.29. The van der Waals surface area contributed by atoms with E-state index in [2.05, 4.69) is 28.0 Å². The maximum absolute atomic E-state index is 5.51. The Morgan fingerprint density at radius 1 is 1.75 bits per heavy atom. The van der Waals surface area contributed by atoms with Crippen molar-refractivity contribution in [1.29, 1.82) is 0 Å². The number of ether oxygens (including phenoxy) is 1. The number of hydrogen-bond donors (Lipinski definition) is 1. The van der Waals surface area contributed by atoms with E-state index in [0.717, 1.165) is 17.5 Å². The summed E-state index contributed by atoms with van der Waals surface area (Å²) in [4.78, 5) is 0. The molecule has 12 heavy (non-hydrogen) atoms. The van der Waals surface area contributed by atoms with E-state index in [9.17, 15) is 0 Å². The van der Waals surface area contributed by atoms with E-state index in [0.29, 0.717) is 12.5 Å². The van der Waals surface area contributed by atoms with Crippen LogP contribution in [-0.4, -0.2) is 16.4 Å². The largest absolute Gasteiger partial charge is 0.381 e. The predicted octanol–water partition coefficient (Wildman–Crippen LogP) is 1.61. The Labute approximate surface area is 79.8 Å². The Bertz CT molecular complexity index is 229. The van der Waals surface area contributed by atoms with Gasteiger partial charge in [0.05, 0.1) is 4.47 Å². The van der Waals surface area contributed by atoms with Crippen LogP contribution in [-0.2, 0) is 11.5 Å². The normalized spacial score (nSPS) is 10.5. The lowest BCUT2D eigenvalue weighted by atomic mass is 10.5. The fourth-order valence-electron chi connectivity index (χ4n) is 0.781. The summed E-state index contributed by atoms with van der Waals surface area (Å²) < 4.78 is 7.73. The maximum atomic E-state index is 5.51. The fourth-order valence-corrected chi connectivity index (χ4v) is 1.10. The molecule has 4 nitrogen and oxygen atoms in total. The highest BCUT2D eigenvalue weighted by Gasteiger charge is 2.00. The van der Waals surface area contributed by atoms with E-state index in [1.807, 2.05) is 0 Å². The molecule has 2 N–H and O–H groups in total. The number of anilines is 1. The van der Waals surface area contributed by atoms with Gasteiger partial charge in [-0.3, -0.25) is 0 Å². The molecule has 0 aliphatic rings. The maximum Gasteiger partial charge on any atom is 0.159 e. The molecular formula is C7H12BrN3O. The number of nitrogen functional groups attached to an aromatic ring is 1. The van der Waals surface area contributed by atoms with E-state index in [1.54, 1.807) is 10.9 Å². The lowest BCUT2D eigenvalue weighted by Gasteiger charge is -2.00. The van der Waals surface area contributed by atoms with Gasteiger partial charge in [-0.2, -0.15) is 5.10 Å². The summed E-state index contributed by atoms with van der Waals surface area (Å²) in [6, 6.07) is 0. The van der Waals surface area contributed by atoms with Crippen molar-refractivity contribution in [3.05, 3.63) is 10.7 Å². The Balaban J connectivity index is 2.42. The summed E-state index contributed by atoms with van der Waals surface area (Å²) >= 11 is 3.26. The van der Waals surface area contributed by atoms with Gasteiger partial charge in [-0.1, -0.05) is 6.92 Å². The van der Waals surface area contributed by atoms with Gasteiger partial charge in [0.15, 0.2) is 5.82 Å². The average molecular weight is 234 g/mol. The van der Waals surface area contributed by atoms with Gasteiger partial charge >= 0.3 is 0 Å². The molecule has 0 spiro atoms. The van der Waals surface area contributed by atoms with Gasteiger partial charge in [0.1, 0.15) is 6.73 Å². The molecule has 0 saturated carbocycles. The fraction of sp³-hybridized carbons (Fsp3) is 0.571. The number of halogens is 1. The molecular weight excluding hydrogens is 222 g/mol. The second kappa shape index (κ2) is 4.47. The molecule has 5 heteroatoms. The number of nitrogens with two attached hydrogens (primary N) is 1. The molecule has 1 heterocycles. The Morgan fingerprint density at radius 2 is 2.50 bits per heavy atom. The zero-order valence-electron chi connectivity index (χ0n) is 6.96. The number of nitrogens with zero attached hydrogens (tertiary/aromatic N) is 2. The molecule has 0 aliphatic heterocycles. The van der Waals surface area contributed by atoms with Gasteiger partial charge < -0.3 is 10.5 Å². The van der Waals surface area contributed by atoms with Gasteiger partial charge in [0, 0.05) is 12.8 Å². The molecule has 0 aliphatic carbocycles. The van der Waals surface area contributed by atoms with Crippen LogP contribution in [0.1, 0.15) is 13.3 Å². The lowest BCUT2D eigenvalue weighted by Crippen LogP contribution is -2.04. The smallest absolute Gasteiger partial charge is 0.159 e. The molecule has 0 amide bonds. The van der Waals surface area contributed by atoms with Gasteiger partial charge in [-0.15, -0.1) is 0 Å². The van der Waals surface area contributed by atoms with Crippen molar-refractivity contribution in [2.24, 2.45) is 0 Å². The molecule has 1 aromatic heterocycles. The second-order valence-electron chi connectivity index (χ2n) is 2.44. The highest BCUT2D eigenvalue weighted by molar-refractivity contribution is 9.10. The van der Waals surface area contributed by atoms with Crippen LogP contribution in [0.15, 0.2) is 10.7 Å². The molecule has 68 valence electrons. The standard InChI is InChI=1S/C7H12BrN3O/c1-2-3-12-5-11-4-6(8)7(9)10-11/h4H,2-3,5H2,1H3,(H2,9,10). The summed E-state index contributed by atoms with van der Waals surface area (Å²) in [5.41, 5.74) is 5.51. The summed E-state index contributed by atoms with van der Waals surface area (Å²) in [5.74, 6) is 0.495. The predicted molar refractivity (Wildman–Crippen MR) is 50.6 cm³/mol. The minimum absolute atomic E-state index is 0.462. The van der Waals surface area contributed by atoms with Gasteiger partial charge in [-0.05, 0) is 22.4 Å². The van der Waals surface area contributed by atoms with Crippen LogP contribution < -0.4 is 5.73 Å². The monoisotopic (exact) mass is 233 g/mol. The molecule has 0 radical (unpaired) electrons. The zero-order chi connectivity index (χ0) is 8.97. The molecule has 0 fully saturated rings. The van der Waals surface area contributed by atoms with Crippen molar-refractivity contribution in [1.82, 2.24) is 9.78 Å². The first kappa shape index (κ1) is 9.54. The topological polar surface area (TPSA) is 53.1 Å². The first-order chi connectivity index (χ1) is 5.74. The third-order valence-corrected chi connectivity index (χ3v) is 1.93. The highest BCUT2D eigenvalue weighted by atomic mass is 79.9. The van der Waals surface area contributed by atoms with Gasteiger partial charge in [0.25, 0.3) is 0 Å². The number of hydrogen-bond acceptors (Lipinski definition) is 3. The average Bonchev–Trinajstić information content (AvgIpc) is 2.32. The minimum Gasteiger partial charge on any atom is -0.381 e. The first-order valence-electron chi connectivity index (χ1n) is 3.80. The summed E-state index contributed by atoms with van der Waals surface area (Å²) in [6.45, 7) is 3.27. The molecule has 0 aromatic carbocycles. The van der Waals surface area contributed by atoms with Crippen LogP contribution in [0.4, 0.5) is 5.82 Å². The van der Waals surface area contributed by atoms with E-state index in [4.69, 9.17) is 10.5 Å². The molecule has 0 bridgehead atoms. The Hall–Kier alpha value is -0.550. The van der Waals surface area contributed by atoms with Crippen LogP contribution in [0.5, 0.6) is 0 Å². The summed E-state index contributed by atoms with van der Waals surface area (Å²) in [6.07, 6.45) is 2.81. The van der Waals surface area contributed by atoms with Crippen LogP contribution in [0.25, 0.3) is 0 Å². The van der Waals surface area contributed by atoms with Crippen LogP contribution >= 0.6 is 15.9 Å². The Kier molecular flexibility index (Phi) is 3.55. The van der Waals surface area contributed by atoms with Crippen LogP contribution in [0.3, 0.4) is 0 Å². The van der Waals surface area contributed by atoms with E-state index in [-0.39, 0.29) is 0 Å². The molecule has 1 rings (SSSR count). The number of rotatable bonds is 4. The first-order valence-corrected chi connectivity index (χ1v) is 4.59. The zero-order valence-corrected chi connectivity index (χ0v) is 8.54. The Morgan fingerprint density at radius 3 is 3.00 bits per heavy atom. The van der Waals surface area contributed by atoms with Crippen LogP contribution in [0, 0.1) is 0 Å². The van der Waals surface area contributed by atoms with Crippen molar-refractivity contribution in [3.8, 4) is 0 Å². The third-order valence-electron chi connectivity index (χ3n) is 1.32. The molecule has 1 aromatic rings. The minimum atomic E-state index is 0.462. The van der Waals surface area contributed by atoms with Crippen molar-refractivity contribution in [2.45, 2.75) is 20.1 Å².